The average Bonchev–Trinajstić information content (AvgIpc) is 3.77. The summed E-state index contributed by atoms with van der Waals surface area (Å²) in [6.45, 7) is 4.68. The first kappa shape index (κ1) is 38.7. The molecule has 1 amide bonds. The van der Waals surface area contributed by atoms with Crippen molar-refractivity contribution in [3.05, 3.63) is 87.3 Å². The fourth-order valence-electron chi connectivity index (χ4n) is 7.03. The van der Waals surface area contributed by atoms with Crippen molar-refractivity contribution in [1.29, 1.82) is 0 Å². The van der Waals surface area contributed by atoms with E-state index < -0.39 is 27.8 Å². The van der Waals surface area contributed by atoms with Gasteiger partial charge in [0.2, 0.25) is 5.91 Å². The van der Waals surface area contributed by atoms with Crippen LogP contribution in [0.5, 0.6) is 0 Å². The molecule has 0 aliphatic carbocycles. The number of aromatic amines is 1. The van der Waals surface area contributed by atoms with E-state index in [-0.39, 0.29) is 40.3 Å². The number of benzene rings is 2. The molecule has 2 saturated heterocycles. The fourth-order valence-corrected chi connectivity index (χ4v) is 10.3. The van der Waals surface area contributed by atoms with Crippen LogP contribution in [0.15, 0.2) is 58.8 Å². The Hall–Kier alpha value is -3.01. The zero-order valence-corrected chi connectivity index (χ0v) is 31.6. The Kier molecular flexibility index (Phi) is 12.0. The lowest BCUT2D eigenvalue weighted by atomic mass is 9.90. The molecule has 16 heteroatoms. The van der Waals surface area contributed by atoms with Gasteiger partial charge in [-0.05, 0) is 119 Å². The molecular formula is C36H39Cl2F4N5O3S2. The number of likely N-dealkylation sites (tertiary alicyclic amines) is 1. The minimum absolute atomic E-state index is 0.000145. The van der Waals surface area contributed by atoms with Crippen LogP contribution in [0.2, 0.25) is 10.0 Å². The Bertz CT molecular complexity index is 1970. The molecule has 4 aromatic rings. The maximum Gasteiger partial charge on any atom is 0.433 e. The van der Waals surface area contributed by atoms with Crippen LogP contribution in [0.3, 0.4) is 0 Å². The Morgan fingerprint density at radius 3 is 2.31 bits per heavy atom. The molecule has 52 heavy (non-hydrogen) atoms. The van der Waals surface area contributed by atoms with E-state index in [1.165, 1.54) is 35.5 Å². The fraction of sp³-hybridized carbons (Fsp3) is 0.444. The standard InChI is InChI=1S/C36H39Cl2F4N5O3S2/c1-23-33(43-44-34(23)36(40,41)42)31-9-10-32(51-31)52(49,50)46-19-13-26(14-20-46)35(48)47(28-7-8-29(37)30(38)22-28)16-2-15-45-17-11-25(12-18-45)21-24-3-5-27(39)6-4-24/h3-10,22,25-26H,2,11-21H2,1H3,(H,43,44). The number of anilines is 1. The molecule has 8 nitrogen and oxygen atoms in total. The Balaban J connectivity index is 1.06. The van der Waals surface area contributed by atoms with E-state index in [1.807, 2.05) is 17.2 Å². The average molecular weight is 801 g/mol. The Morgan fingerprint density at radius 2 is 1.67 bits per heavy atom. The van der Waals surface area contributed by atoms with E-state index >= 15 is 0 Å². The van der Waals surface area contributed by atoms with Crippen LogP contribution in [0.4, 0.5) is 23.2 Å². The molecule has 0 spiro atoms. The predicted octanol–water partition coefficient (Wildman–Crippen LogP) is 8.69. The SMILES string of the molecule is Cc1c(-c2ccc(S(=O)(=O)N3CCC(C(=O)N(CCCN4CCC(Cc5ccc(F)cc5)CC4)c4ccc(Cl)c(Cl)c4)CC3)s2)n[nH]c1C(F)(F)F. The summed E-state index contributed by atoms with van der Waals surface area (Å²) in [5, 5.41) is 6.52. The van der Waals surface area contributed by atoms with Crippen molar-refractivity contribution in [3.8, 4) is 10.6 Å². The van der Waals surface area contributed by atoms with E-state index in [2.05, 4.69) is 10.00 Å². The van der Waals surface area contributed by atoms with Gasteiger partial charge in [-0.15, -0.1) is 11.3 Å². The predicted molar refractivity (Wildman–Crippen MR) is 196 cm³/mol. The summed E-state index contributed by atoms with van der Waals surface area (Å²) in [4.78, 5) is 18.5. The molecule has 1 N–H and O–H groups in total. The van der Waals surface area contributed by atoms with Gasteiger partial charge in [-0.25, -0.2) is 12.8 Å². The van der Waals surface area contributed by atoms with E-state index in [9.17, 15) is 30.8 Å². The molecule has 280 valence electrons. The van der Waals surface area contributed by atoms with Gasteiger partial charge >= 0.3 is 6.18 Å². The van der Waals surface area contributed by atoms with Gasteiger partial charge in [0, 0.05) is 36.8 Å². The van der Waals surface area contributed by atoms with Gasteiger partial charge in [0.15, 0.2) is 0 Å². The van der Waals surface area contributed by atoms with Crippen molar-refractivity contribution >= 4 is 56.2 Å². The highest BCUT2D eigenvalue weighted by molar-refractivity contribution is 7.91. The molecular weight excluding hydrogens is 761 g/mol. The summed E-state index contributed by atoms with van der Waals surface area (Å²) in [5.74, 6) is -0.219. The molecule has 2 aromatic carbocycles. The molecule has 2 fully saturated rings. The number of thiophene rings is 1. The summed E-state index contributed by atoms with van der Waals surface area (Å²) < 4.78 is 81.6. The van der Waals surface area contributed by atoms with Gasteiger partial charge in [-0.2, -0.15) is 22.6 Å². The van der Waals surface area contributed by atoms with Crippen LogP contribution in [0.25, 0.3) is 10.6 Å². The van der Waals surface area contributed by atoms with Gasteiger partial charge < -0.3 is 9.80 Å². The van der Waals surface area contributed by atoms with E-state index in [0.717, 1.165) is 62.2 Å². The summed E-state index contributed by atoms with van der Waals surface area (Å²) >= 11 is 13.4. The number of hydrogen-bond donors (Lipinski definition) is 1. The smallest absolute Gasteiger partial charge is 0.312 e. The first-order valence-corrected chi connectivity index (χ1v) is 20.2. The second kappa shape index (κ2) is 16.2. The lowest BCUT2D eigenvalue weighted by Gasteiger charge is -2.35. The number of aromatic nitrogens is 2. The van der Waals surface area contributed by atoms with Gasteiger partial charge in [-0.1, -0.05) is 35.3 Å². The lowest BCUT2D eigenvalue weighted by molar-refractivity contribution is -0.141. The molecule has 4 heterocycles. The lowest BCUT2D eigenvalue weighted by Crippen LogP contribution is -2.45. The molecule has 0 radical (unpaired) electrons. The molecule has 0 atom stereocenters. The number of nitrogens with one attached hydrogen (secondary N) is 1. The van der Waals surface area contributed by atoms with E-state index in [0.29, 0.717) is 45.9 Å². The number of carbonyl (C=O) groups excluding carboxylic acids is 1. The van der Waals surface area contributed by atoms with Crippen molar-refractivity contribution in [2.75, 3.05) is 44.2 Å². The summed E-state index contributed by atoms with van der Waals surface area (Å²) in [6, 6.07) is 14.6. The van der Waals surface area contributed by atoms with Gasteiger partial charge in [0.1, 0.15) is 21.4 Å². The quantitative estimate of drug-likeness (QED) is 0.154. The molecule has 0 bridgehead atoms. The molecule has 0 unspecified atom stereocenters. The number of piperidine rings is 2. The number of halogens is 6. The number of rotatable bonds is 11. The largest absolute Gasteiger partial charge is 0.433 e. The van der Waals surface area contributed by atoms with Crippen molar-refractivity contribution in [3.63, 3.8) is 0 Å². The number of alkyl halides is 3. The zero-order valence-electron chi connectivity index (χ0n) is 28.4. The Morgan fingerprint density at radius 1 is 0.981 bits per heavy atom. The molecule has 2 aliphatic rings. The van der Waals surface area contributed by atoms with Crippen molar-refractivity contribution < 1.29 is 30.8 Å². The van der Waals surface area contributed by atoms with Crippen molar-refractivity contribution in [1.82, 2.24) is 19.4 Å². The van der Waals surface area contributed by atoms with Gasteiger partial charge in [0.05, 0.1) is 14.9 Å². The molecule has 0 saturated carbocycles. The van der Waals surface area contributed by atoms with Crippen molar-refractivity contribution in [2.24, 2.45) is 11.8 Å². The molecule has 2 aromatic heterocycles. The van der Waals surface area contributed by atoms with E-state index in [4.69, 9.17) is 23.2 Å². The molecule has 2 aliphatic heterocycles. The highest BCUT2D eigenvalue weighted by atomic mass is 35.5. The first-order valence-electron chi connectivity index (χ1n) is 17.2. The second-order valence-electron chi connectivity index (χ2n) is 13.4. The minimum Gasteiger partial charge on any atom is -0.312 e. The first-order chi connectivity index (χ1) is 24.7. The highest BCUT2D eigenvalue weighted by Crippen LogP contribution is 2.39. The van der Waals surface area contributed by atoms with Crippen LogP contribution in [0, 0.1) is 24.6 Å². The minimum atomic E-state index is -4.61. The van der Waals surface area contributed by atoms with Gasteiger partial charge in [0.25, 0.3) is 10.0 Å². The number of carbonyl (C=O) groups is 1. The van der Waals surface area contributed by atoms with Gasteiger partial charge in [-0.3, -0.25) is 9.89 Å². The van der Waals surface area contributed by atoms with Crippen LogP contribution < -0.4 is 4.90 Å². The van der Waals surface area contributed by atoms with Crippen LogP contribution in [0.1, 0.15) is 48.9 Å². The highest BCUT2D eigenvalue weighted by Gasteiger charge is 2.38. The number of hydrogen-bond acceptors (Lipinski definition) is 6. The zero-order chi connectivity index (χ0) is 37.2. The summed E-state index contributed by atoms with van der Waals surface area (Å²) in [6.07, 6.45) is -0.247. The van der Waals surface area contributed by atoms with E-state index in [1.54, 1.807) is 23.1 Å². The monoisotopic (exact) mass is 799 g/mol. The maximum absolute atomic E-state index is 14.1. The number of nitrogens with zero attached hydrogens (tertiary/aromatic N) is 4. The van der Waals surface area contributed by atoms with Crippen LogP contribution >= 0.6 is 34.5 Å². The summed E-state index contributed by atoms with van der Waals surface area (Å²) in [7, 11) is -3.95. The Labute approximate surface area is 314 Å². The number of sulfonamides is 1. The molecule has 6 rings (SSSR count). The third kappa shape index (κ3) is 8.85. The van der Waals surface area contributed by atoms with Crippen LogP contribution in [-0.2, 0) is 27.4 Å². The van der Waals surface area contributed by atoms with Crippen LogP contribution in [-0.4, -0.2) is 73.0 Å². The second-order valence-corrected chi connectivity index (χ2v) is 17.5. The third-order valence-electron chi connectivity index (χ3n) is 9.99. The topological polar surface area (TPSA) is 89.6 Å². The third-order valence-corrected chi connectivity index (χ3v) is 14.2. The number of H-pyrrole nitrogens is 1. The normalized spacial score (nSPS) is 17.1. The van der Waals surface area contributed by atoms with Crippen molar-refractivity contribution in [2.45, 2.75) is 55.8 Å². The summed E-state index contributed by atoms with van der Waals surface area (Å²) in [5.41, 5.74) is 0.748. The number of amides is 1. The maximum atomic E-state index is 14.1.